The maximum atomic E-state index is 11.5. The Labute approximate surface area is 161 Å². The molecule has 2 N–H and O–H groups in total. The van der Waals surface area contributed by atoms with Gasteiger partial charge < -0.3 is 15.2 Å². The molecule has 27 heavy (non-hydrogen) atoms. The minimum atomic E-state index is -3.15. The quantitative estimate of drug-likeness (QED) is 0.530. The van der Waals surface area contributed by atoms with E-state index in [-0.39, 0.29) is 0 Å². The summed E-state index contributed by atoms with van der Waals surface area (Å²) in [6.45, 7) is 6.59. The molecule has 7 nitrogen and oxygen atoms in total. The SMILES string of the molecule is CN=C(NCCc1ccc(S(C)(=O)=O)cc1)NCc1nccn1CC(C)C. The van der Waals surface area contributed by atoms with Gasteiger partial charge in [0.05, 0.1) is 11.4 Å². The summed E-state index contributed by atoms with van der Waals surface area (Å²) in [6, 6.07) is 6.98. The number of hydrogen-bond acceptors (Lipinski definition) is 4. The minimum absolute atomic E-state index is 0.341. The number of aliphatic imine (C=N–C) groups is 1. The molecule has 0 atom stereocenters. The van der Waals surface area contributed by atoms with E-state index in [1.54, 1.807) is 19.2 Å². The van der Waals surface area contributed by atoms with Crippen LogP contribution in [-0.4, -0.2) is 43.8 Å². The lowest BCUT2D eigenvalue weighted by Crippen LogP contribution is -2.38. The Morgan fingerprint density at radius 2 is 1.93 bits per heavy atom. The number of nitrogens with zero attached hydrogens (tertiary/aromatic N) is 3. The van der Waals surface area contributed by atoms with Gasteiger partial charge in [-0.15, -0.1) is 0 Å². The third-order valence-electron chi connectivity index (χ3n) is 4.06. The number of aromatic nitrogens is 2. The van der Waals surface area contributed by atoms with Gasteiger partial charge >= 0.3 is 0 Å². The molecule has 0 unspecified atom stereocenters. The summed E-state index contributed by atoms with van der Waals surface area (Å²) < 4.78 is 25.1. The highest BCUT2D eigenvalue weighted by molar-refractivity contribution is 7.90. The van der Waals surface area contributed by atoms with Gasteiger partial charge in [0.25, 0.3) is 0 Å². The predicted molar refractivity (Wildman–Crippen MR) is 109 cm³/mol. The Balaban J connectivity index is 1.82. The van der Waals surface area contributed by atoms with E-state index in [0.717, 1.165) is 24.4 Å². The van der Waals surface area contributed by atoms with E-state index in [0.29, 0.717) is 29.9 Å². The predicted octanol–water partition coefficient (Wildman–Crippen LogP) is 1.85. The Morgan fingerprint density at radius 1 is 1.22 bits per heavy atom. The summed E-state index contributed by atoms with van der Waals surface area (Å²) in [4.78, 5) is 8.98. The molecule has 0 aliphatic rings. The van der Waals surface area contributed by atoms with Gasteiger partial charge in [-0.1, -0.05) is 26.0 Å². The Morgan fingerprint density at radius 3 is 2.52 bits per heavy atom. The molecule has 0 spiro atoms. The van der Waals surface area contributed by atoms with E-state index < -0.39 is 9.84 Å². The highest BCUT2D eigenvalue weighted by atomic mass is 32.2. The minimum Gasteiger partial charge on any atom is -0.356 e. The fourth-order valence-corrected chi connectivity index (χ4v) is 3.31. The van der Waals surface area contributed by atoms with Crippen molar-refractivity contribution in [3.8, 4) is 0 Å². The van der Waals surface area contributed by atoms with Crippen molar-refractivity contribution < 1.29 is 8.42 Å². The lowest BCUT2D eigenvalue weighted by atomic mass is 10.1. The molecule has 1 aromatic heterocycles. The van der Waals surface area contributed by atoms with E-state index >= 15 is 0 Å². The molecular formula is C19H29N5O2S. The van der Waals surface area contributed by atoms with Gasteiger partial charge in [0.1, 0.15) is 5.82 Å². The average molecular weight is 392 g/mol. The van der Waals surface area contributed by atoms with Crippen LogP contribution < -0.4 is 10.6 Å². The number of hydrogen-bond donors (Lipinski definition) is 2. The number of sulfone groups is 1. The van der Waals surface area contributed by atoms with Crippen molar-refractivity contribution >= 4 is 15.8 Å². The summed E-state index contributed by atoms with van der Waals surface area (Å²) in [5.41, 5.74) is 1.07. The summed E-state index contributed by atoms with van der Waals surface area (Å²) in [5, 5.41) is 6.55. The lowest BCUT2D eigenvalue weighted by Gasteiger charge is -2.14. The van der Waals surface area contributed by atoms with Crippen LogP contribution in [0.15, 0.2) is 46.5 Å². The molecule has 2 rings (SSSR count). The molecule has 1 aromatic carbocycles. The number of rotatable bonds is 8. The van der Waals surface area contributed by atoms with Gasteiger partial charge in [-0.3, -0.25) is 4.99 Å². The first kappa shape index (κ1) is 21.0. The van der Waals surface area contributed by atoms with Crippen LogP contribution in [0.1, 0.15) is 25.2 Å². The molecule has 0 saturated heterocycles. The molecule has 0 fully saturated rings. The number of nitrogens with one attached hydrogen (secondary N) is 2. The first-order valence-electron chi connectivity index (χ1n) is 9.03. The van der Waals surface area contributed by atoms with E-state index in [4.69, 9.17) is 0 Å². The first-order valence-corrected chi connectivity index (χ1v) is 10.9. The van der Waals surface area contributed by atoms with Crippen molar-refractivity contribution in [1.82, 2.24) is 20.2 Å². The Hall–Kier alpha value is -2.35. The van der Waals surface area contributed by atoms with Crippen molar-refractivity contribution in [2.24, 2.45) is 10.9 Å². The highest BCUT2D eigenvalue weighted by Gasteiger charge is 2.07. The zero-order valence-electron chi connectivity index (χ0n) is 16.4. The van der Waals surface area contributed by atoms with Gasteiger partial charge in [0.15, 0.2) is 15.8 Å². The van der Waals surface area contributed by atoms with E-state index in [2.05, 4.69) is 39.0 Å². The third-order valence-corrected chi connectivity index (χ3v) is 5.19. The number of imidazole rings is 1. The van der Waals surface area contributed by atoms with Crippen LogP contribution in [0, 0.1) is 5.92 Å². The van der Waals surface area contributed by atoms with Crippen molar-refractivity contribution in [3.63, 3.8) is 0 Å². The van der Waals surface area contributed by atoms with Crippen LogP contribution in [0.2, 0.25) is 0 Å². The van der Waals surface area contributed by atoms with Crippen molar-refractivity contribution in [1.29, 1.82) is 0 Å². The second kappa shape index (κ2) is 9.55. The lowest BCUT2D eigenvalue weighted by molar-refractivity contribution is 0.503. The third kappa shape index (κ3) is 6.71. The summed E-state index contributed by atoms with van der Waals surface area (Å²) in [5.74, 6) is 2.24. The smallest absolute Gasteiger partial charge is 0.191 e. The molecule has 0 aliphatic heterocycles. The second-order valence-electron chi connectivity index (χ2n) is 6.91. The molecule has 0 amide bonds. The van der Waals surface area contributed by atoms with E-state index in [1.807, 2.05) is 24.5 Å². The average Bonchev–Trinajstić information content (AvgIpc) is 3.04. The summed E-state index contributed by atoms with van der Waals surface area (Å²) in [7, 11) is -1.42. The van der Waals surface area contributed by atoms with Crippen molar-refractivity contribution in [3.05, 3.63) is 48.0 Å². The summed E-state index contributed by atoms with van der Waals surface area (Å²) >= 11 is 0. The molecule has 0 radical (unpaired) electrons. The van der Waals surface area contributed by atoms with E-state index in [1.165, 1.54) is 6.26 Å². The Bertz CT molecular complexity index is 854. The van der Waals surface area contributed by atoms with Crippen LogP contribution in [0.3, 0.4) is 0 Å². The second-order valence-corrected chi connectivity index (χ2v) is 8.92. The van der Waals surface area contributed by atoms with Gasteiger partial charge in [-0.25, -0.2) is 13.4 Å². The zero-order chi connectivity index (χ0) is 19.9. The summed E-state index contributed by atoms with van der Waals surface area (Å²) in [6.07, 6.45) is 5.79. The number of guanidine groups is 1. The fraction of sp³-hybridized carbons (Fsp3) is 0.474. The highest BCUT2D eigenvalue weighted by Crippen LogP contribution is 2.10. The van der Waals surface area contributed by atoms with Crippen LogP contribution >= 0.6 is 0 Å². The maximum absolute atomic E-state index is 11.5. The molecule has 8 heteroatoms. The molecular weight excluding hydrogens is 362 g/mol. The van der Waals surface area contributed by atoms with Crippen molar-refractivity contribution in [2.75, 3.05) is 19.8 Å². The topological polar surface area (TPSA) is 88.4 Å². The van der Waals surface area contributed by atoms with Gasteiger partial charge in [-0.05, 0) is 30.0 Å². The van der Waals surface area contributed by atoms with Crippen LogP contribution in [0.25, 0.3) is 0 Å². The van der Waals surface area contributed by atoms with E-state index in [9.17, 15) is 8.42 Å². The fourth-order valence-electron chi connectivity index (χ4n) is 2.68. The number of benzene rings is 1. The normalized spacial score (nSPS) is 12.4. The molecule has 0 aliphatic carbocycles. The molecule has 2 aromatic rings. The van der Waals surface area contributed by atoms with Crippen LogP contribution in [-0.2, 0) is 29.3 Å². The first-order chi connectivity index (χ1) is 12.8. The molecule has 0 bridgehead atoms. The molecule has 0 saturated carbocycles. The largest absolute Gasteiger partial charge is 0.356 e. The molecule has 1 heterocycles. The molecule has 148 valence electrons. The monoisotopic (exact) mass is 391 g/mol. The van der Waals surface area contributed by atoms with Gasteiger partial charge in [-0.2, -0.15) is 0 Å². The Kier molecular flexibility index (Phi) is 7.41. The zero-order valence-corrected chi connectivity index (χ0v) is 17.3. The van der Waals surface area contributed by atoms with Gasteiger partial charge in [0.2, 0.25) is 0 Å². The van der Waals surface area contributed by atoms with Crippen molar-refractivity contribution in [2.45, 2.75) is 38.3 Å². The van der Waals surface area contributed by atoms with Crippen LogP contribution in [0.5, 0.6) is 0 Å². The maximum Gasteiger partial charge on any atom is 0.191 e. The standard InChI is InChI=1S/C19H29N5O2S/c1-15(2)14-24-12-11-21-18(24)13-23-19(20-3)22-10-9-16-5-7-17(8-6-16)27(4,25)26/h5-8,11-12,15H,9-10,13-14H2,1-4H3,(H2,20,22,23). The van der Waals surface area contributed by atoms with Crippen LogP contribution in [0.4, 0.5) is 0 Å². The van der Waals surface area contributed by atoms with Gasteiger partial charge in [0, 0.05) is 38.8 Å².